The van der Waals surface area contributed by atoms with Crippen molar-refractivity contribution in [3.8, 4) is 11.3 Å². The normalized spacial score (nSPS) is 11.3. The van der Waals surface area contributed by atoms with Gasteiger partial charge in [-0.3, -0.25) is 9.59 Å². The van der Waals surface area contributed by atoms with Gasteiger partial charge in [-0.2, -0.15) is 13.2 Å². The maximum absolute atomic E-state index is 13.1. The first-order chi connectivity index (χ1) is 12.8. The van der Waals surface area contributed by atoms with Gasteiger partial charge in [0, 0.05) is 16.8 Å². The van der Waals surface area contributed by atoms with Crippen molar-refractivity contribution in [3.05, 3.63) is 77.6 Å². The maximum Gasteiger partial charge on any atom is 0.417 e. The quantitative estimate of drug-likeness (QED) is 0.621. The lowest BCUT2D eigenvalue weighted by molar-refractivity contribution is -0.137. The van der Waals surface area contributed by atoms with Crippen molar-refractivity contribution in [2.45, 2.75) is 13.1 Å². The predicted molar refractivity (Wildman–Crippen MR) is 93.5 cm³/mol. The number of Topliss-reactive ketones (excluding diaryl/α,β-unsaturated/α-hetero) is 1. The number of halogens is 3. The zero-order valence-corrected chi connectivity index (χ0v) is 14.1. The second-order valence-electron chi connectivity index (χ2n) is 5.80. The first-order valence-corrected chi connectivity index (χ1v) is 7.94. The van der Waals surface area contributed by atoms with Gasteiger partial charge < -0.3 is 9.73 Å². The molecule has 2 aromatic carbocycles. The fraction of sp³-hybridized carbons (Fsp3) is 0.100. The van der Waals surface area contributed by atoms with Crippen LogP contribution in [0.4, 0.5) is 18.9 Å². The average Bonchev–Trinajstić information content (AvgIpc) is 3.11. The van der Waals surface area contributed by atoms with E-state index in [0.29, 0.717) is 11.3 Å². The lowest BCUT2D eigenvalue weighted by Gasteiger charge is -2.10. The Balaban J connectivity index is 1.85. The van der Waals surface area contributed by atoms with E-state index >= 15 is 0 Å². The summed E-state index contributed by atoms with van der Waals surface area (Å²) in [5.74, 6) is -0.998. The van der Waals surface area contributed by atoms with Crippen molar-refractivity contribution < 1.29 is 27.2 Å². The van der Waals surface area contributed by atoms with Crippen LogP contribution in [-0.4, -0.2) is 11.7 Å². The van der Waals surface area contributed by atoms with Crippen LogP contribution < -0.4 is 5.32 Å². The van der Waals surface area contributed by atoms with Crippen molar-refractivity contribution in [1.82, 2.24) is 0 Å². The molecular formula is C20H14F3NO3. The first kappa shape index (κ1) is 18.4. The van der Waals surface area contributed by atoms with E-state index in [1.807, 2.05) is 0 Å². The number of amides is 1. The van der Waals surface area contributed by atoms with Gasteiger partial charge in [0.15, 0.2) is 11.5 Å². The third-order valence-corrected chi connectivity index (χ3v) is 3.85. The molecular weight excluding hydrogens is 359 g/mol. The summed E-state index contributed by atoms with van der Waals surface area (Å²) in [6.07, 6.45) is -4.54. The highest BCUT2D eigenvalue weighted by molar-refractivity contribution is 6.03. The molecule has 0 fully saturated rings. The summed E-state index contributed by atoms with van der Waals surface area (Å²) < 4.78 is 44.8. The van der Waals surface area contributed by atoms with E-state index in [2.05, 4.69) is 5.32 Å². The molecule has 0 aliphatic rings. The Labute approximate surface area is 152 Å². The van der Waals surface area contributed by atoms with Gasteiger partial charge in [0.1, 0.15) is 5.76 Å². The van der Waals surface area contributed by atoms with Gasteiger partial charge in [0.25, 0.3) is 5.91 Å². The summed E-state index contributed by atoms with van der Waals surface area (Å²) in [4.78, 5) is 23.7. The number of carbonyl (C=O) groups is 2. The van der Waals surface area contributed by atoms with Crippen LogP contribution in [0.3, 0.4) is 0 Å². The molecule has 1 heterocycles. The van der Waals surface area contributed by atoms with Crippen LogP contribution in [0.15, 0.2) is 65.1 Å². The molecule has 0 aliphatic carbocycles. The first-order valence-electron chi connectivity index (χ1n) is 7.94. The van der Waals surface area contributed by atoms with Gasteiger partial charge in [-0.05, 0) is 37.3 Å². The highest BCUT2D eigenvalue weighted by Gasteiger charge is 2.34. The maximum atomic E-state index is 13.1. The van der Waals surface area contributed by atoms with E-state index in [9.17, 15) is 22.8 Å². The fourth-order valence-electron chi connectivity index (χ4n) is 2.56. The Hall–Kier alpha value is -3.35. The monoisotopic (exact) mass is 373 g/mol. The lowest BCUT2D eigenvalue weighted by Crippen LogP contribution is -2.11. The molecule has 0 aliphatic heterocycles. The number of nitrogens with one attached hydrogen (secondary N) is 1. The van der Waals surface area contributed by atoms with E-state index in [4.69, 9.17) is 4.42 Å². The Morgan fingerprint density at radius 1 is 0.963 bits per heavy atom. The van der Waals surface area contributed by atoms with Gasteiger partial charge in [-0.15, -0.1) is 0 Å². The van der Waals surface area contributed by atoms with Crippen molar-refractivity contribution in [2.24, 2.45) is 0 Å². The third kappa shape index (κ3) is 4.08. The molecule has 1 amide bonds. The second-order valence-corrected chi connectivity index (χ2v) is 5.80. The van der Waals surface area contributed by atoms with Crippen molar-refractivity contribution in [3.63, 3.8) is 0 Å². The van der Waals surface area contributed by atoms with Gasteiger partial charge >= 0.3 is 6.18 Å². The number of ketones is 1. The number of hydrogen-bond acceptors (Lipinski definition) is 3. The summed E-state index contributed by atoms with van der Waals surface area (Å²) >= 11 is 0. The fourth-order valence-corrected chi connectivity index (χ4v) is 2.56. The summed E-state index contributed by atoms with van der Waals surface area (Å²) in [7, 11) is 0. The van der Waals surface area contributed by atoms with Gasteiger partial charge in [-0.1, -0.05) is 30.3 Å². The van der Waals surface area contributed by atoms with E-state index in [0.717, 1.165) is 6.07 Å². The molecule has 4 nitrogen and oxygen atoms in total. The summed E-state index contributed by atoms with van der Waals surface area (Å²) in [5, 5.41) is 2.56. The molecule has 3 aromatic rings. The standard InChI is InChI=1S/C20H14F3NO3/c1-12(25)13-5-4-6-14(11-13)24-19(26)18-10-9-17(27-18)15-7-2-3-8-16(15)20(21,22)23/h2-11H,1H3,(H,24,26). The summed E-state index contributed by atoms with van der Waals surface area (Å²) in [6, 6.07) is 13.9. The number of hydrogen-bond donors (Lipinski definition) is 1. The zero-order valence-electron chi connectivity index (χ0n) is 14.1. The molecule has 0 saturated heterocycles. The Kier molecular flexibility index (Phi) is 4.85. The molecule has 0 unspecified atom stereocenters. The molecule has 1 aromatic heterocycles. The number of furan rings is 1. The highest BCUT2D eigenvalue weighted by atomic mass is 19.4. The van der Waals surface area contributed by atoms with Crippen molar-refractivity contribution in [2.75, 3.05) is 5.32 Å². The van der Waals surface area contributed by atoms with Gasteiger partial charge in [0.2, 0.25) is 0 Å². The van der Waals surface area contributed by atoms with E-state index in [1.165, 1.54) is 43.3 Å². The average molecular weight is 373 g/mol. The molecule has 1 N–H and O–H groups in total. The molecule has 27 heavy (non-hydrogen) atoms. The van der Waals surface area contributed by atoms with Gasteiger partial charge in [0.05, 0.1) is 5.56 Å². The lowest BCUT2D eigenvalue weighted by atomic mass is 10.1. The minimum Gasteiger partial charge on any atom is -0.451 e. The van der Waals surface area contributed by atoms with E-state index in [-0.39, 0.29) is 22.9 Å². The Morgan fingerprint density at radius 2 is 1.70 bits per heavy atom. The smallest absolute Gasteiger partial charge is 0.417 e. The zero-order chi connectivity index (χ0) is 19.6. The van der Waals surface area contributed by atoms with Gasteiger partial charge in [-0.25, -0.2) is 0 Å². The van der Waals surface area contributed by atoms with Crippen molar-refractivity contribution in [1.29, 1.82) is 0 Å². The Morgan fingerprint density at radius 3 is 2.41 bits per heavy atom. The molecule has 0 radical (unpaired) electrons. The molecule has 7 heteroatoms. The number of anilines is 1. The SMILES string of the molecule is CC(=O)c1cccc(NC(=O)c2ccc(-c3ccccc3C(F)(F)F)o2)c1. The van der Waals surface area contributed by atoms with Crippen LogP contribution in [0.25, 0.3) is 11.3 Å². The van der Waals surface area contributed by atoms with E-state index < -0.39 is 17.6 Å². The second kappa shape index (κ2) is 7.11. The van der Waals surface area contributed by atoms with E-state index in [1.54, 1.807) is 18.2 Å². The van der Waals surface area contributed by atoms with Crippen LogP contribution in [-0.2, 0) is 6.18 Å². The number of rotatable bonds is 4. The van der Waals surface area contributed by atoms with Crippen molar-refractivity contribution >= 4 is 17.4 Å². The predicted octanol–water partition coefficient (Wildman–Crippen LogP) is 5.42. The Bertz CT molecular complexity index is 1010. The van der Waals surface area contributed by atoms with Crippen LogP contribution >= 0.6 is 0 Å². The topological polar surface area (TPSA) is 59.3 Å². The van der Waals surface area contributed by atoms with Crippen LogP contribution in [0, 0.1) is 0 Å². The summed E-state index contributed by atoms with van der Waals surface area (Å²) in [5.41, 5.74) is -0.198. The molecule has 3 rings (SSSR count). The van der Waals surface area contributed by atoms with Crippen LogP contribution in [0.2, 0.25) is 0 Å². The molecule has 138 valence electrons. The number of alkyl halides is 3. The van der Waals surface area contributed by atoms with Crippen LogP contribution in [0.1, 0.15) is 33.4 Å². The number of benzene rings is 2. The minimum absolute atomic E-state index is 0.0643. The third-order valence-electron chi connectivity index (χ3n) is 3.85. The number of carbonyl (C=O) groups excluding carboxylic acids is 2. The highest BCUT2D eigenvalue weighted by Crippen LogP contribution is 2.37. The minimum atomic E-state index is -4.54. The molecule has 0 saturated carbocycles. The molecule has 0 bridgehead atoms. The molecule has 0 spiro atoms. The van der Waals surface area contributed by atoms with Crippen LogP contribution in [0.5, 0.6) is 0 Å². The summed E-state index contributed by atoms with van der Waals surface area (Å²) in [6.45, 7) is 1.40. The molecule has 0 atom stereocenters. The largest absolute Gasteiger partial charge is 0.451 e.